The van der Waals surface area contributed by atoms with Gasteiger partial charge < -0.3 is 9.84 Å². The third-order valence-corrected chi connectivity index (χ3v) is 2.49. The van der Waals surface area contributed by atoms with Crippen LogP contribution in [-0.2, 0) is 0 Å². The predicted molar refractivity (Wildman–Crippen MR) is 68.3 cm³/mol. The van der Waals surface area contributed by atoms with E-state index in [9.17, 15) is 27.1 Å². The van der Waals surface area contributed by atoms with Crippen LogP contribution in [0.3, 0.4) is 0 Å². The van der Waals surface area contributed by atoms with Crippen molar-refractivity contribution in [2.75, 3.05) is 0 Å². The van der Waals surface area contributed by atoms with Crippen LogP contribution in [0.15, 0.2) is 18.2 Å². The molecule has 0 spiro atoms. The van der Waals surface area contributed by atoms with E-state index in [1.54, 1.807) is 0 Å². The van der Waals surface area contributed by atoms with Gasteiger partial charge in [0.15, 0.2) is 11.6 Å². The van der Waals surface area contributed by atoms with Crippen LogP contribution in [0.4, 0.5) is 22.0 Å². The topological polar surface area (TPSA) is 29.5 Å². The summed E-state index contributed by atoms with van der Waals surface area (Å²) in [7, 11) is 0. The number of aromatic hydroxyl groups is 1. The van der Waals surface area contributed by atoms with E-state index in [4.69, 9.17) is 0 Å². The lowest BCUT2D eigenvalue weighted by Crippen LogP contribution is -2.18. The number of hydrogen-bond acceptors (Lipinski definition) is 2. The number of aryl methyl sites for hydroxylation is 1. The molecule has 2 aromatic rings. The molecule has 0 aromatic heterocycles. The minimum atomic E-state index is -5.15. The third kappa shape index (κ3) is 3.74. The van der Waals surface area contributed by atoms with E-state index in [-0.39, 0.29) is 22.1 Å². The zero-order valence-electron chi connectivity index (χ0n) is 11.5. The van der Waals surface area contributed by atoms with Crippen molar-refractivity contribution in [3.63, 3.8) is 0 Å². The van der Waals surface area contributed by atoms with E-state index in [0.29, 0.717) is 6.07 Å². The van der Waals surface area contributed by atoms with E-state index in [0.717, 1.165) is 12.1 Å². The van der Waals surface area contributed by atoms with Gasteiger partial charge in [-0.25, -0.2) is 4.39 Å². The average Bonchev–Trinajstić information content (AvgIpc) is 2.35. The van der Waals surface area contributed by atoms with Gasteiger partial charge in [-0.05, 0) is 36.1 Å². The van der Waals surface area contributed by atoms with Crippen LogP contribution in [0, 0.1) is 18.6 Å². The number of fused-ring (bicyclic) bond motifs is 1. The first kappa shape index (κ1) is 17.0. The average molecular weight is 308 g/mol. The van der Waals surface area contributed by atoms with Gasteiger partial charge in [-0.3, -0.25) is 0 Å². The van der Waals surface area contributed by atoms with Crippen LogP contribution >= 0.6 is 0 Å². The Morgan fingerprint density at radius 2 is 1.62 bits per heavy atom. The van der Waals surface area contributed by atoms with Gasteiger partial charge in [-0.1, -0.05) is 13.8 Å². The molecule has 0 unspecified atom stereocenters. The minimum absolute atomic E-state index is 0.0874. The molecule has 1 N–H and O–H groups in total. The molecule has 0 aliphatic carbocycles. The van der Waals surface area contributed by atoms with Crippen molar-refractivity contribution in [1.29, 1.82) is 0 Å². The number of benzene rings is 2. The maximum absolute atomic E-state index is 13.5. The van der Waals surface area contributed by atoms with Gasteiger partial charge in [0.2, 0.25) is 5.82 Å². The Kier molecular flexibility index (Phi) is 4.98. The standard InChI is InChI=1S/C12H7F5O2.C2H6/c1-5-2-7(18)3-6-4-8(13)10(14)11(9(5)6)19-12(15,16)17;1-2/h2-4,18H,1H3;1-2H3. The summed E-state index contributed by atoms with van der Waals surface area (Å²) in [5.41, 5.74) is 0.133. The molecular weight excluding hydrogens is 295 g/mol. The molecule has 0 radical (unpaired) electrons. The smallest absolute Gasteiger partial charge is 0.508 e. The van der Waals surface area contributed by atoms with E-state index < -0.39 is 23.7 Å². The van der Waals surface area contributed by atoms with Crippen molar-refractivity contribution < 1.29 is 31.8 Å². The van der Waals surface area contributed by atoms with Crippen LogP contribution in [0.2, 0.25) is 0 Å². The van der Waals surface area contributed by atoms with E-state index in [1.165, 1.54) is 6.92 Å². The highest BCUT2D eigenvalue weighted by molar-refractivity contribution is 5.92. The monoisotopic (exact) mass is 308 g/mol. The normalized spacial score (nSPS) is 11.0. The summed E-state index contributed by atoms with van der Waals surface area (Å²) in [6.07, 6.45) is -5.15. The quantitative estimate of drug-likeness (QED) is 0.746. The van der Waals surface area contributed by atoms with Gasteiger partial charge in [0.05, 0.1) is 0 Å². The Balaban J connectivity index is 0.00000106. The van der Waals surface area contributed by atoms with Crippen molar-refractivity contribution in [3.8, 4) is 11.5 Å². The molecule has 2 aromatic carbocycles. The van der Waals surface area contributed by atoms with Crippen molar-refractivity contribution in [3.05, 3.63) is 35.4 Å². The lowest BCUT2D eigenvalue weighted by Gasteiger charge is -2.14. The zero-order valence-corrected chi connectivity index (χ0v) is 11.5. The molecule has 116 valence electrons. The fraction of sp³-hybridized carbons (Fsp3) is 0.286. The first-order valence-corrected chi connectivity index (χ1v) is 6.06. The summed E-state index contributed by atoms with van der Waals surface area (Å²) in [5.74, 6) is -4.72. The van der Waals surface area contributed by atoms with Crippen molar-refractivity contribution in [2.24, 2.45) is 0 Å². The maximum Gasteiger partial charge on any atom is 0.573 e. The fourth-order valence-electron chi connectivity index (χ4n) is 1.85. The number of halogens is 5. The van der Waals surface area contributed by atoms with Crippen molar-refractivity contribution >= 4 is 10.8 Å². The van der Waals surface area contributed by atoms with Gasteiger partial charge in [0, 0.05) is 5.39 Å². The Hall–Kier alpha value is -2.05. The Morgan fingerprint density at radius 1 is 1.05 bits per heavy atom. The largest absolute Gasteiger partial charge is 0.573 e. The first-order chi connectivity index (χ1) is 9.69. The summed E-state index contributed by atoms with van der Waals surface area (Å²) in [6, 6.07) is 2.84. The summed E-state index contributed by atoms with van der Waals surface area (Å²) < 4.78 is 67.0. The lowest BCUT2D eigenvalue weighted by atomic mass is 10.0. The molecule has 7 heteroatoms. The Labute approximate surface area is 117 Å². The molecule has 0 aliphatic rings. The number of phenolic OH excluding ortho intramolecular Hbond substituents is 1. The molecule has 0 fully saturated rings. The highest BCUT2D eigenvalue weighted by Gasteiger charge is 2.34. The second-order valence-electron chi connectivity index (χ2n) is 3.91. The summed E-state index contributed by atoms with van der Waals surface area (Å²) >= 11 is 0. The van der Waals surface area contributed by atoms with Crippen LogP contribution < -0.4 is 4.74 Å². The molecule has 0 amide bonds. The highest BCUT2D eigenvalue weighted by Crippen LogP contribution is 2.38. The molecule has 0 atom stereocenters. The predicted octanol–water partition coefficient (Wildman–Crippen LogP) is 5.06. The molecular formula is C14H13F5O2. The SMILES string of the molecule is CC.Cc1cc(O)cc2cc(F)c(F)c(OC(F)(F)F)c12. The molecule has 2 rings (SSSR count). The second-order valence-corrected chi connectivity index (χ2v) is 3.91. The molecule has 0 bridgehead atoms. The van der Waals surface area contributed by atoms with Gasteiger partial charge in [0.1, 0.15) is 5.75 Å². The van der Waals surface area contributed by atoms with E-state index >= 15 is 0 Å². The highest BCUT2D eigenvalue weighted by atomic mass is 19.4. The molecule has 0 saturated heterocycles. The van der Waals surface area contributed by atoms with Crippen molar-refractivity contribution in [2.45, 2.75) is 27.1 Å². The van der Waals surface area contributed by atoms with Gasteiger partial charge in [0.25, 0.3) is 0 Å². The summed E-state index contributed by atoms with van der Waals surface area (Å²) in [5, 5.41) is 8.99. The zero-order chi connectivity index (χ0) is 16.4. The summed E-state index contributed by atoms with van der Waals surface area (Å²) in [4.78, 5) is 0. The maximum atomic E-state index is 13.5. The Morgan fingerprint density at radius 3 is 2.14 bits per heavy atom. The fourth-order valence-corrected chi connectivity index (χ4v) is 1.85. The van der Waals surface area contributed by atoms with Gasteiger partial charge in [-0.2, -0.15) is 4.39 Å². The van der Waals surface area contributed by atoms with Crippen LogP contribution in [0.5, 0.6) is 11.5 Å². The molecule has 21 heavy (non-hydrogen) atoms. The number of ether oxygens (including phenoxy) is 1. The second kappa shape index (κ2) is 6.15. The third-order valence-electron chi connectivity index (χ3n) is 2.49. The van der Waals surface area contributed by atoms with E-state index in [1.807, 2.05) is 13.8 Å². The lowest BCUT2D eigenvalue weighted by molar-refractivity contribution is -0.275. The first-order valence-electron chi connectivity index (χ1n) is 6.06. The molecule has 2 nitrogen and oxygen atoms in total. The Bertz CT molecular complexity index is 650. The van der Waals surface area contributed by atoms with Crippen LogP contribution in [0.1, 0.15) is 19.4 Å². The van der Waals surface area contributed by atoms with Gasteiger partial charge >= 0.3 is 6.36 Å². The number of phenols is 1. The van der Waals surface area contributed by atoms with Crippen LogP contribution in [0.25, 0.3) is 10.8 Å². The molecule has 0 aliphatic heterocycles. The van der Waals surface area contributed by atoms with E-state index in [2.05, 4.69) is 4.74 Å². The summed E-state index contributed by atoms with van der Waals surface area (Å²) in [6.45, 7) is 5.35. The number of alkyl halides is 3. The van der Waals surface area contributed by atoms with Crippen LogP contribution in [-0.4, -0.2) is 11.5 Å². The molecule has 0 saturated carbocycles. The number of rotatable bonds is 1. The number of hydrogen-bond donors (Lipinski definition) is 1. The minimum Gasteiger partial charge on any atom is -0.508 e. The van der Waals surface area contributed by atoms with Crippen molar-refractivity contribution in [1.82, 2.24) is 0 Å². The molecule has 0 heterocycles. The van der Waals surface area contributed by atoms with Gasteiger partial charge in [-0.15, -0.1) is 13.2 Å².